The number of carbonyl (C=O) groups is 1. The number of rotatable bonds is 4. The number of nitrogens with zero attached hydrogens (tertiary/aromatic N) is 4. The highest BCUT2D eigenvalue weighted by Crippen LogP contribution is 2.27. The Morgan fingerprint density at radius 1 is 1.37 bits per heavy atom. The summed E-state index contributed by atoms with van der Waals surface area (Å²) in [6.07, 6.45) is 2.52. The molecule has 3 aromatic rings. The van der Waals surface area contributed by atoms with Gasteiger partial charge in [-0.2, -0.15) is 0 Å². The first-order chi connectivity index (χ1) is 13.0. The van der Waals surface area contributed by atoms with E-state index in [1.807, 2.05) is 43.0 Å². The number of aromatic amines is 1. The summed E-state index contributed by atoms with van der Waals surface area (Å²) >= 11 is 0. The second-order valence-electron chi connectivity index (χ2n) is 6.91. The molecule has 1 amide bonds. The molecule has 140 valence electrons. The number of likely N-dealkylation sites (tertiary alicyclic amines) is 1. The minimum absolute atomic E-state index is 0.00240. The van der Waals surface area contributed by atoms with Crippen LogP contribution >= 0.6 is 0 Å². The largest absolute Gasteiger partial charge is 0.438 e. The molecular weight excluding hydrogens is 346 g/mol. The van der Waals surface area contributed by atoms with Crippen molar-refractivity contribution in [2.75, 3.05) is 13.1 Å². The highest BCUT2D eigenvalue weighted by molar-refractivity contribution is 5.96. The Labute approximate surface area is 155 Å². The highest BCUT2D eigenvalue weighted by Gasteiger charge is 2.31. The van der Waals surface area contributed by atoms with Crippen molar-refractivity contribution in [3.05, 3.63) is 69.5 Å². The Morgan fingerprint density at radius 3 is 2.93 bits per heavy atom. The van der Waals surface area contributed by atoms with Crippen LogP contribution in [-0.2, 0) is 6.54 Å². The number of nitrogens with one attached hydrogen (secondary N) is 1. The molecule has 1 atom stereocenters. The van der Waals surface area contributed by atoms with Gasteiger partial charge >= 0.3 is 5.76 Å². The van der Waals surface area contributed by atoms with Crippen molar-refractivity contribution in [1.82, 2.24) is 24.6 Å². The fraction of sp³-hybridized carbons (Fsp3) is 0.368. The number of hydrogen-bond donors (Lipinski definition) is 1. The topological polar surface area (TPSA) is 97.0 Å². The zero-order chi connectivity index (χ0) is 19.0. The normalized spacial score (nSPS) is 16.8. The van der Waals surface area contributed by atoms with Crippen molar-refractivity contribution in [2.45, 2.75) is 32.7 Å². The van der Waals surface area contributed by atoms with E-state index in [0.717, 1.165) is 23.5 Å². The molecule has 8 heteroatoms. The number of amides is 1. The van der Waals surface area contributed by atoms with Crippen molar-refractivity contribution in [3.8, 4) is 0 Å². The van der Waals surface area contributed by atoms with E-state index in [1.54, 1.807) is 6.20 Å². The molecule has 0 aliphatic carbocycles. The van der Waals surface area contributed by atoms with Gasteiger partial charge in [-0.15, -0.1) is 0 Å². The molecule has 1 saturated heterocycles. The molecule has 0 saturated carbocycles. The molecule has 0 radical (unpaired) electrons. The predicted octanol–water partition coefficient (Wildman–Crippen LogP) is 1.85. The second kappa shape index (κ2) is 6.86. The zero-order valence-electron chi connectivity index (χ0n) is 15.3. The summed E-state index contributed by atoms with van der Waals surface area (Å²) in [7, 11) is 0. The van der Waals surface area contributed by atoms with Crippen molar-refractivity contribution >= 4 is 5.91 Å². The van der Waals surface area contributed by atoms with E-state index < -0.39 is 5.76 Å². The van der Waals surface area contributed by atoms with Crippen LogP contribution in [0.2, 0.25) is 0 Å². The highest BCUT2D eigenvalue weighted by atomic mass is 16.5. The maximum Gasteiger partial charge on any atom is 0.438 e. The van der Waals surface area contributed by atoms with Crippen molar-refractivity contribution in [1.29, 1.82) is 0 Å². The number of carbonyl (C=O) groups excluding carboxylic acids is 1. The van der Waals surface area contributed by atoms with Gasteiger partial charge in [-0.3, -0.25) is 19.3 Å². The minimum atomic E-state index is -0.562. The molecule has 8 nitrogen and oxygen atoms in total. The van der Waals surface area contributed by atoms with Crippen molar-refractivity contribution in [3.63, 3.8) is 0 Å². The van der Waals surface area contributed by atoms with Crippen LogP contribution in [0.15, 0.2) is 39.8 Å². The quantitative estimate of drug-likeness (QED) is 0.759. The number of H-pyrrole nitrogens is 1. The van der Waals surface area contributed by atoms with Crippen LogP contribution in [-0.4, -0.2) is 43.6 Å². The SMILES string of the molecule is Cc1cc(C(=O)N2CCC(c3noc(=O)[nH]3)C2)c(C)n1Cc1ccccn1. The molecule has 1 unspecified atom stereocenters. The zero-order valence-corrected chi connectivity index (χ0v) is 15.3. The van der Waals surface area contributed by atoms with Gasteiger partial charge in [-0.1, -0.05) is 11.2 Å². The first-order valence-corrected chi connectivity index (χ1v) is 8.94. The maximum absolute atomic E-state index is 13.0. The lowest BCUT2D eigenvalue weighted by Gasteiger charge is -2.16. The first-order valence-electron chi connectivity index (χ1n) is 8.94. The Hall–Kier alpha value is -3.16. The van der Waals surface area contributed by atoms with E-state index in [2.05, 4.69) is 24.2 Å². The van der Waals surface area contributed by atoms with Crippen LogP contribution in [0.3, 0.4) is 0 Å². The summed E-state index contributed by atoms with van der Waals surface area (Å²) in [5.74, 6) is -0.0510. The molecule has 27 heavy (non-hydrogen) atoms. The summed E-state index contributed by atoms with van der Waals surface area (Å²) in [4.78, 5) is 33.0. The van der Waals surface area contributed by atoms with Gasteiger partial charge in [0, 0.05) is 36.6 Å². The lowest BCUT2D eigenvalue weighted by Crippen LogP contribution is -2.29. The molecule has 4 rings (SSSR count). The van der Waals surface area contributed by atoms with E-state index in [0.29, 0.717) is 31.0 Å². The summed E-state index contributed by atoms with van der Waals surface area (Å²) in [6.45, 7) is 5.74. The van der Waals surface area contributed by atoms with Crippen LogP contribution in [0, 0.1) is 13.8 Å². The molecule has 1 aliphatic heterocycles. The van der Waals surface area contributed by atoms with E-state index >= 15 is 0 Å². The third-order valence-electron chi connectivity index (χ3n) is 5.17. The van der Waals surface area contributed by atoms with Crippen LogP contribution in [0.25, 0.3) is 0 Å². The van der Waals surface area contributed by atoms with Crippen LogP contribution in [0.5, 0.6) is 0 Å². The lowest BCUT2D eigenvalue weighted by molar-refractivity contribution is 0.0789. The summed E-state index contributed by atoms with van der Waals surface area (Å²) in [5.41, 5.74) is 3.62. The van der Waals surface area contributed by atoms with Crippen molar-refractivity contribution < 1.29 is 9.32 Å². The van der Waals surface area contributed by atoms with E-state index in [9.17, 15) is 9.59 Å². The van der Waals surface area contributed by atoms with Gasteiger partial charge in [0.2, 0.25) is 0 Å². The van der Waals surface area contributed by atoms with Gasteiger partial charge in [-0.25, -0.2) is 4.79 Å². The predicted molar refractivity (Wildman–Crippen MR) is 97.6 cm³/mol. The number of aryl methyl sites for hydroxylation is 1. The molecule has 4 heterocycles. The lowest BCUT2D eigenvalue weighted by atomic mass is 10.1. The minimum Gasteiger partial charge on any atom is -0.342 e. The first kappa shape index (κ1) is 17.3. The van der Waals surface area contributed by atoms with Gasteiger partial charge in [0.25, 0.3) is 5.91 Å². The average molecular weight is 367 g/mol. The van der Waals surface area contributed by atoms with Crippen LogP contribution < -0.4 is 5.76 Å². The molecule has 1 N–H and O–H groups in total. The molecule has 3 aromatic heterocycles. The fourth-order valence-corrected chi connectivity index (χ4v) is 3.67. The summed E-state index contributed by atoms with van der Waals surface area (Å²) in [5, 5.41) is 3.75. The Balaban J connectivity index is 1.53. The van der Waals surface area contributed by atoms with E-state index in [1.165, 1.54) is 0 Å². The van der Waals surface area contributed by atoms with Gasteiger partial charge in [-0.05, 0) is 38.5 Å². The number of aromatic nitrogens is 4. The van der Waals surface area contributed by atoms with Crippen molar-refractivity contribution in [2.24, 2.45) is 0 Å². The molecule has 0 spiro atoms. The summed E-state index contributed by atoms with van der Waals surface area (Å²) in [6, 6.07) is 7.76. The molecule has 1 fully saturated rings. The second-order valence-corrected chi connectivity index (χ2v) is 6.91. The van der Waals surface area contributed by atoms with Crippen LogP contribution in [0.1, 0.15) is 45.6 Å². The third-order valence-corrected chi connectivity index (χ3v) is 5.17. The van der Waals surface area contributed by atoms with Gasteiger partial charge in [0.05, 0.1) is 17.8 Å². The van der Waals surface area contributed by atoms with Gasteiger partial charge < -0.3 is 9.47 Å². The smallest absolute Gasteiger partial charge is 0.342 e. The van der Waals surface area contributed by atoms with Crippen LogP contribution in [0.4, 0.5) is 0 Å². The molecule has 0 bridgehead atoms. The molecule has 1 aliphatic rings. The number of hydrogen-bond acceptors (Lipinski definition) is 5. The standard InChI is InChI=1S/C19H21N5O3/c1-12-9-16(13(2)24(12)11-15-5-3-4-7-20-15)18(25)23-8-6-14(10-23)17-21-19(26)27-22-17/h3-5,7,9,14H,6,8,10-11H2,1-2H3,(H,21,22,26). The Morgan fingerprint density at radius 2 is 2.22 bits per heavy atom. The third kappa shape index (κ3) is 3.30. The Kier molecular flexibility index (Phi) is 4.39. The maximum atomic E-state index is 13.0. The van der Waals surface area contributed by atoms with E-state index in [-0.39, 0.29) is 11.8 Å². The molecular formula is C19H21N5O3. The monoisotopic (exact) mass is 367 g/mol. The summed E-state index contributed by atoms with van der Waals surface area (Å²) < 4.78 is 6.69. The van der Waals surface area contributed by atoms with Gasteiger partial charge in [0.15, 0.2) is 5.82 Å². The average Bonchev–Trinajstić information content (AvgIpc) is 3.38. The fourth-order valence-electron chi connectivity index (χ4n) is 3.67. The van der Waals surface area contributed by atoms with Gasteiger partial charge in [0.1, 0.15) is 0 Å². The number of pyridine rings is 1. The van der Waals surface area contributed by atoms with E-state index in [4.69, 9.17) is 0 Å². The molecule has 0 aromatic carbocycles. The Bertz CT molecular complexity index is 1020.